The van der Waals surface area contributed by atoms with Crippen molar-refractivity contribution >= 4 is 23.5 Å². The van der Waals surface area contributed by atoms with Crippen LogP contribution in [0.15, 0.2) is 15.8 Å². The number of nitrogens with zero attached hydrogens (tertiary/aromatic N) is 2. The molecule has 0 radical (unpaired) electrons. The molecule has 20 heteroatoms. The Bertz CT molecular complexity index is 1130. The number of ether oxygens (including phenoxy) is 1. The summed E-state index contributed by atoms with van der Waals surface area (Å²) in [6.45, 7) is 0.324. The number of aliphatic hydroxyl groups excluding tert-OH is 1. The van der Waals surface area contributed by atoms with Gasteiger partial charge >= 0.3 is 29.2 Å². The second kappa shape index (κ2) is 9.16. The van der Waals surface area contributed by atoms with Crippen molar-refractivity contribution in [1.82, 2.24) is 9.55 Å². The zero-order chi connectivity index (χ0) is 23.8. The monoisotopic (exact) mass is 507 g/mol. The first-order valence-corrected chi connectivity index (χ1v) is 12.4. The Morgan fingerprint density at radius 3 is 2.35 bits per heavy atom. The molecule has 2 heterocycles. The molecule has 3 unspecified atom stereocenters. The van der Waals surface area contributed by atoms with Crippen LogP contribution in [0.4, 0.5) is 0 Å². The zero-order valence-electron chi connectivity index (χ0n) is 15.2. The highest BCUT2D eigenvalue weighted by Crippen LogP contribution is 2.66. The van der Waals surface area contributed by atoms with Crippen LogP contribution < -0.4 is 11.2 Å². The molecule has 2 rings (SSSR count). The van der Waals surface area contributed by atoms with Crippen LogP contribution in [0.3, 0.4) is 0 Å². The molecule has 1 fully saturated rings. The summed E-state index contributed by atoms with van der Waals surface area (Å²) in [5.74, 6) is -1.41. The number of aryl methyl sites for hydroxylation is 1. The lowest BCUT2D eigenvalue weighted by molar-refractivity contribution is -0.0461. The van der Waals surface area contributed by atoms with Crippen LogP contribution in [0.5, 0.6) is 0 Å². The van der Waals surface area contributed by atoms with E-state index >= 15 is 0 Å². The molecule has 0 amide bonds. The molecule has 1 aliphatic rings. The molecule has 1 aromatic heterocycles. The van der Waals surface area contributed by atoms with Crippen molar-refractivity contribution in [2.24, 2.45) is 5.92 Å². The number of nitriles is 1. The van der Waals surface area contributed by atoms with Gasteiger partial charge in [0.05, 0.1) is 12.7 Å². The summed E-state index contributed by atoms with van der Waals surface area (Å²) in [7, 11) is -16.8. The van der Waals surface area contributed by atoms with E-state index in [-0.39, 0.29) is 5.56 Å². The van der Waals surface area contributed by atoms with E-state index in [0.717, 1.165) is 10.8 Å². The Kier molecular flexibility index (Phi) is 7.61. The molecule has 0 spiro atoms. The molecule has 17 nitrogen and oxygen atoms in total. The van der Waals surface area contributed by atoms with Crippen LogP contribution in [0.1, 0.15) is 11.8 Å². The lowest BCUT2D eigenvalue weighted by atomic mass is 10.0. The first kappa shape index (κ1) is 25.8. The van der Waals surface area contributed by atoms with E-state index in [1.807, 2.05) is 4.98 Å². The minimum Gasteiger partial charge on any atom is -0.389 e. The van der Waals surface area contributed by atoms with Crippen LogP contribution in [-0.2, 0) is 31.6 Å². The van der Waals surface area contributed by atoms with Crippen LogP contribution in [0.25, 0.3) is 0 Å². The van der Waals surface area contributed by atoms with Gasteiger partial charge in [-0.15, -0.1) is 0 Å². The fraction of sp³-hybridized carbons (Fsp3) is 0.545. The first-order chi connectivity index (χ1) is 14.1. The van der Waals surface area contributed by atoms with Gasteiger partial charge in [-0.1, -0.05) is 0 Å². The average Bonchev–Trinajstić information content (AvgIpc) is 2.88. The molecular formula is C11H16N3O14P3. The molecule has 0 aromatic carbocycles. The van der Waals surface area contributed by atoms with Crippen LogP contribution in [0, 0.1) is 24.2 Å². The molecule has 0 saturated carbocycles. The molecule has 6 N–H and O–H groups in total. The van der Waals surface area contributed by atoms with E-state index in [1.165, 1.54) is 6.92 Å². The Balaban J connectivity index is 2.15. The summed E-state index contributed by atoms with van der Waals surface area (Å²) >= 11 is 0. The van der Waals surface area contributed by atoms with E-state index in [1.54, 1.807) is 6.07 Å². The predicted octanol–water partition coefficient (Wildman–Crippen LogP) is -1.41. The van der Waals surface area contributed by atoms with E-state index in [9.17, 15) is 38.5 Å². The van der Waals surface area contributed by atoms with Crippen LogP contribution >= 0.6 is 23.5 Å². The standard InChI is InChI=1S/C11H16N3O14P3/c1-5-3-14(11(17)13-9(5)16)10-6(2-12)8(15)7(26-10)4-25-30(21,22)28-31(23,24)27-29(18,19)20/h3,6-8,10,15H,4H2,1H3,(H,21,22)(H,23,24)(H,13,16,17)(H2,18,19,20)/t6-,7+,8?,10+/m1/s1. The summed E-state index contributed by atoms with van der Waals surface area (Å²) in [4.78, 5) is 61.0. The highest BCUT2D eigenvalue weighted by molar-refractivity contribution is 7.66. The maximum atomic E-state index is 12.0. The molecule has 6 atom stereocenters. The van der Waals surface area contributed by atoms with Gasteiger partial charge in [0.1, 0.15) is 18.1 Å². The Hall–Kier alpha value is -1.50. The fourth-order valence-corrected chi connectivity index (χ4v) is 5.54. The molecule has 1 aromatic rings. The Morgan fingerprint density at radius 1 is 1.19 bits per heavy atom. The number of aliphatic hydroxyl groups is 1. The van der Waals surface area contributed by atoms with Gasteiger partial charge in [-0.2, -0.15) is 13.9 Å². The van der Waals surface area contributed by atoms with Gasteiger partial charge in [0.2, 0.25) is 0 Å². The minimum absolute atomic E-state index is 0.0751. The van der Waals surface area contributed by atoms with Crippen molar-refractivity contribution in [1.29, 1.82) is 5.26 Å². The average molecular weight is 507 g/mol. The van der Waals surface area contributed by atoms with E-state index in [0.29, 0.717) is 0 Å². The summed E-state index contributed by atoms with van der Waals surface area (Å²) in [5, 5.41) is 19.5. The largest absolute Gasteiger partial charge is 0.490 e. The predicted molar refractivity (Wildman–Crippen MR) is 94.9 cm³/mol. The third-order valence-electron chi connectivity index (χ3n) is 3.76. The van der Waals surface area contributed by atoms with Gasteiger partial charge in [-0.3, -0.25) is 18.9 Å². The minimum atomic E-state index is -5.74. The molecule has 0 bridgehead atoms. The van der Waals surface area contributed by atoms with Crippen LogP contribution in [0.2, 0.25) is 0 Å². The van der Waals surface area contributed by atoms with Crippen LogP contribution in [-0.4, -0.2) is 53.0 Å². The number of rotatable bonds is 8. The van der Waals surface area contributed by atoms with Gasteiger partial charge in [-0.25, -0.2) is 18.5 Å². The molecule has 1 saturated heterocycles. The van der Waals surface area contributed by atoms with Gasteiger partial charge in [0, 0.05) is 11.8 Å². The second-order valence-corrected chi connectivity index (χ2v) is 10.5. The molecule has 1 aliphatic heterocycles. The van der Waals surface area contributed by atoms with E-state index < -0.39 is 65.7 Å². The van der Waals surface area contributed by atoms with Crippen molar-refractivity contribution < 1.29 is 56.3 Å². The quantitative estimate of drug-likeness (QED) is 0.221. The van der Waals surface area contributed by atoms with Gasteiger partial charge in [-0.05, 0) is 6.92 Å². The maximum Gasteiger partial charge on any atom is 0.490 e. The molecule has 0 aliphatic carbocycles. The topological polar surface area (TPSA) is 268 Å². The first-order valence-electron chi connectivity index (χ1n) is 7.89. The third kappa shape index (κ3) is 6.74. The van der Waals surface area contributed by atoms with E-state index in [4.69, 9.17) is 19.4 Å². The smallest absolute Gasteiger partial charge is 0.389 e. The summed E-state index contributed by atoms with van der Waals surface area (Å²) in [6, 6.07) is 1.68. The number of H-pyrrole nitrogens is 1. The summed E-state index contributed by atoms with van der Waals surface area (Å²) < 4.78 is 51.2. The van der Waals surface area contributed by atoms with Crippen molar-refractivity contribution in [3.8, 4) is 6.07 Å². The lowest BCUT2D eigenvalue weighted by Crippen LogP contribution is -2.35. The SMILES string of the molecule is Cc1cn([C@H]2O[C@@H](COP(=O)(O)OP(=O)(O)OP(=O)(O)O)C(O)[C@H]2C#N)c(=O)[nH]c1=O. The van der Waals surface area contributed by atoms with Crippen molar-refractivity contribution in [3.05, 3.63) is 32.6 Å². The number of phosphoric acid groups is 3. The number of hydrogen-bond acceptors (Lipinski definition) is 11. The number of aromatic amines is 1. The normalized spacial score (nSPS) is 27.9. The van der Waals surface area contributed by atoms with Crippen molar-refractivity contribution in [2.75, 3.05) is 6.61 Å². The number of hydrogen-bond donors (Lipinski definition) is 6. The van der Waals surface area contributed by atoms with Crippen molar-refractivity contribution in [3.63, 3.8) is 0 Å². The van der Waals surface area contributed by atoms with Crippen molar-refractivity contribution in [2.45, 2.75) is 25.4 Å². The molecular weight excluding hydrogens is 491 g/mol. The highest BCUT2D eigenvalue weighted by atomic mass is 31.3. The second-order valence-electron chi connectivity index (χ2n) is 6.08. The zero-order valence-corrected chi connectivity index (χ0v) is 17.9. The Labute approximate surface area is 171 Å². The van der Waals surface area contributed by atoms with Gasteiger partial charge in [0.15, 0.2) is 6.23 Å². The fourth-order valence-electron chi connectivity index (χ4n) is 2.51. The van der Waals surface area contributed by atoms with Gasteiger partial charge in [0.25, 0.3) is 5.56 Å². The third-order valence-corrected chi connectivity index (χ3v) is 7.56. The number of nitrogens with one attached hydrogen (secondary N) is 1. The molecule has 174 valence electrons. The van der Waals surface area contributed by atoms with Gasteiger partial charge < -0.3 is 29.4 Å². The highest BCUT2D eigenvalue weighted by Gasteiger charge is 2.47. The maximum absolute atomic E-state index is 12.0. The summed E-state index contributed by atoms with van der Waals surface area (Å²) in [5.41, 5.74) is -1.59. The lowest BCUT2D eigenvalue weighted by Gasteiger charge is -2.19. The number of aromatic nitrogens is 2. The summed E-state index contributed by atoms with van der Waals surface area (Å²) in [6.07, 6.45) is -3.62. The Morgan fingerprint density at radius 2 is 1.81 bits per heavy atom. The van der Waals surface area contributed by atoms with E-state index in [2.05, 4.69) is 13.1 Å². The number of phosphoric ester groups is 1. The molecule has 31 heavy (non-hydrogen) atoms.